The molecule has 0 aliphatic carbocycles. The maximum atomic E-state index is 13.7. The summed E-state index contributed by atoms with van der Waals surface area (Å²) in [6.07, 6.45) is 1.05. The number of nitrogens with one attached hydrogen (secondary N) is 1. The van der Waals surface area contributed by atoms with E-state index in [1.807, 2.05) is 0 Å². The number of anilines is 1. The van der Waals surface area contributed by atoms with Gasteiger partial charge in [-0.1, -0.05) is 24.1 Å². The van der Waals surface area contributed by atoms with Crippen molar-refractivity contribution >= 4 is 39.2 Å². The van der Waals surface area contributed by atoms with E-state index >= 15 is 0 Å². The Morgan fingerprint density at radius 3 is 2.34 bits per heavy atom. The van der Waals surface area contributed by atoms with E-state index in [4.69, 9.17) is 16.3 Å². The molecule has 172 valence electrons. The second-order valence-corrected chi connectivity index (χ2v) is 9.58. The maximum Gasteiger partial charge on any atom is 0.344 e. The van der Waals surface area contributed by atoms with E-state index in [9.17, 15) is 26.8 Å². The lowest BCUT2D eigenvalue weighted by Crippen LogP contribution is -2.35. The van der Waals surface area contributed by atoms with Crippen molar-refractivity contribution in [3.63, 3.8) is 0 Å². The predicted molar refractivity (Wildman–Crippen MR) is 114 cm³/mol. The summed E-state index contributed by atoms with van der Waals surface area (Å²) in [5.41, 5.74) is -0.922. The second kappa shape index (κ2) is 9.93. The molecule has 0 radical (unpaired) electrons. The Morgan fingerprint density at radius 1 is 1.09 bits per heavy atom. The van der Waals surface area contributed by atoms with E-state index in [0.29, 0.717) is 13.1 Å². The van der Waals surface area contributed by atoms with Crippen LogP contribution in [0, 0.1) is 11.6 Å². The van der Waals surface area contributed by atoms with Gasteiger partial charge in [0.05, 0.1) is 15.6 Å². The molecule has 2 aromatic carbocycles. The highest BCUT2D eigenvalue weighted by Crippen LogP contribution is 2.28. The quantitative estimate of drug-likeness (QED) is 0.623. The lowest BCUT2D eigenvalue weighted by Gasteiger charge is -2.26. The molecule has 0 saturated carbocycles. The van der Waals surface area contributed by atoms with Crippen LogP contribution in [0.5, 0.6) is 0 Å². The molecule has 3 rings (SSSR count). The van der Waals surface area contributed by atoms with Gasteiger partial charge in [0, 0.05) is 13.1 Å². The molecule has 1 saturated heterocycles. The van der Waals surface area contributed by atoms with Crippen LogP contribution in [-0.2, 0) is 19.6 Å². The minimum absolute atomic E-state index is 0.00489. The number of hydrogen-bond acceptors (Lipinski definition) is 5. The fraction of sp³-hybridized carbons (Fsp3) is 0.333. The number of benzene rings is 2. The summed E-state index contributed by atoms with van der Waals surface area (Å²) in [7, 11) is -3.77. The molecular weight excluding hydrogens is 466 g/mol. The summed E-state index contributed by atoms with van der Waals surface area (Å²) < 4.78 is 59.5. The molecule has 7 nitrogen and oxygen atoms in total. The van der Waals surface area contributed by atoms with Crippen LogP contribution in [0.3, 0.4) is 0 Å². The highest BCUT2D eigenvalue weighted by atomic mass is 35.5. The zero-order chi connectivity index (χ0) is 23.5. The van der Waals surface area contributed by atoms with Crippen LogP contribution in [0.25, 0.3) is 0 Å². The monoisotopic (exact) mass is 486 g/mol. The summed E-state index contributed by atoms with van der Waals surface area (Å²) >= 11 is 6.09. The van der Waals surface area contributed by atoms with Crippen LogP contribution in [0.15, 0.2) is 41.3 Å². The molecule has 32 heavy (non-hydrogen) atoms. The molecule has 11 heteroatoms. The number of esters is 1. The zero-order valence-electron chi connectivity index (χ0n) is 17.1. The third-order valence-electron chi connectivity index (χ3n) is 4.97. The first kappa shape index (κ1) is 24.1. The predicted octanol–water partition coefficient (Wildman–Crippen LogP) is 3.98. The van der Waals surface area contributed by atoms with Crippen molar-refractivity contribution in [3.05, 3.63) is 58.6 Å². The number of carbonyl (C=O) groups is 2. The third kappa shape index (κ3) is 5.25. The molecule has 1 atom stereocenters. The summed E-state index contributed by atoms with van der Waals surface area (Å²) in [5.74, 6) is -4.46. The molecule has 2 aromatic rings. The fourth-order valence-electron chi connectivity index (χ4n) is 3.22. The van der Waals surface area contributed by atoms with Gasteiger partial charge in [-0.25, -0.2) is 22.0 Å². The Balaban J connectivity index is 1.74. The van der Waals surface area contributed by atoms with Crippen molar-refractivity contribution in [2.24, 2.45) is 0 Å². The summed E-state index contributed by atoms with van der Waals surface area (Å²) in [5, 5.41) is 2.46. The maximum absolute atomic E-state index is 13.7. The number of rotatable bonds is 6. The van der Waals surface area contributed by atoms with Gasteiger partial charge < -0.3 is 10.1 Å². The first-order valence-electron chi connectivity index (χ1n) is 9.87. The van der Waals surface area contributed by atoms with E-state index in [-0.39, 0.29) is 15.6 Å². The molecule has 1 heterocycles. The van der Waals surface area contributed by atoms with E-state index in [0.717, 1.165) is 37.5 Å². The molecule has 0 spiro atoms. The van der Waals surface area contributed by atoms with Crippen molar-refractivity contribution in [1.29, 1.82) is 0 Å². The lowest BCUT2D eigenvalue weighted by atomic mass is 10.2. The van der Waals surface area contributed by atoms with Crippen LogP contribution < -0.4 is 5.32 Å². The number of halogens is 3. The molecule has 0 aromatic heterocycles. The van der Waals surface area contributed by atoms with Gasteiger partial charge in [-0.2, -0.15) is 4.31 Å². The first-order chi connectivity index (χ1) is 15.1. The Labute approximate surface area is 189 Å². The minimum atomic E-state index is -3.77. The SMILES string of the molecule is CC(OC(=O)c1c(F)cccc1F)C(=O)Nc1cc(S(=O)(=O)N2CCCCC2)ccc1Cl. The lowest BCUT2D eigenvalue weighted by molar-refractivity contribution is -0.123. The van der Waals surface area contributed by atoms with Crippen LogP contribution in [-0.4, -0.2) is 43.8 Å². The number of ether oxygens (including phenoxy) is 1. The highest BCUT2D eigenvalue weighted by Gasteiger charge is 2.28. The number of piperidine rings is 1. The Bertz CT molecular complexity index is 1120. The molecular formula is C21H21ClF2N2O5S. The van der Waals surface area contributed by atoms with Gasteiger partial charge in [0.1, 0.15) is 17.2 Å². The molecule has 1 amide bonds. The molecule has 1 N–H and O–H groups in total. The van der Waals surface area contributed by atoms with E-state index in [1.165, 1.54) is 29.4 Å². The zero-order valence-corrected chi connectivity index (χ0v) is 18.7. The Morgan fingerprint density at radius 2 is 1.72 bits per heavy atom. The fourth-order valence-corrected chi connectivity index (χ4v) is 4.92. The molecule has 0 bridgehead atoms. The van der Waals surface area contributed by atoms with Crippen LogP contribution >= 0.6 is 11.6 Å². The largest absolute Gasteiger partial charge is 0.449 e. The van der Waals surface area contributed by atoms with Crippen molar-refractivity contribution in [3.8, 4) is 0 Å². The molecule has 1 aliphatic heterocycles. The van der Waals surface area contributed by atoms with Crippen molar-refractivity contribution in [1.82, 2.24) is 4.31 Å². The first-order valence-corrected chi connectivity index (χ1v) is 11.7. The smallest absolute Gasteiger partial charge is 0.344 e. The van der Waals surface area contributed by atoms with Gasteiger partial charge in [0.25, 0.3) is 5.91 Å². The highest BCUT2D eigenvalue weighted by molar-refractivity contribution is 7.89. The number of hydrogen-bond donors (Lipinski definition) is 1. The average molecular weight is 487 g/mol. The van der Waals surface area contributed by atoms with Crippen molar-refractivity contribution < 1.29 is 31.5 Å². The van der Waals surface area contributed by atoms with Crippen LogP contribution in [0.1, 0.15) is 36.5 Å². The van der Waals surface area contributed by atoms with Crippen LogP contribution in [0.2, 0.25) is 5.02 Å². The summed E-state index contributed by atoms with van der Waals surface area (Å²) in [6.45, 7) is 2.02. The number of carbonyl (C=O) groups excluding carboxylic acids is 2. The van der Waals surface area contributed by atoms with Gasteiger partial charge in [0.2, 0.25) is 10.0 Å². The number of sulfonamides is 1. The Kier molecular flexibility index (Phi) is 7.47. The second-order valence-electron chi connectivity index (χ2n) is 7.24. The van der Waals surface area contributed by atoms with Crippen molar-refractivity contribution in [2.75, 3.05) is 18.4 Å². The van der Waals surface area contributed by atoms with Crippen molar-refractivity contribution in [2.45, 2.75) is 37.2 Å². The van der Waals surface area contributed by atoms with E-state index in [1.54, 1.807) is 0 Å². The van der Waals surface area contributed by atoms with Crippen LogP contribution in [0.4, 0.5) is 14.5 Å². The third-order valence-corrected chi connectivity index (χ3v) is 7.19. The minimum Gasteiger partial charge on any atom is -0.449 e. The number of nitrogens with zero attached hydrogens (tertiary/aromatic N) is 1. The van der Waals surface area contributed by atoms with Gasteiger partial charge in [-0.3, -0.25) is 4.79 Å². The Hall–Kier alpha value is -2.56. The average Bonchev–Trinajstić information content (AvgIpc) is 2.75. The van der Waals surface area contributed by atoms with E-state index in [2.05, 4.69) is 5.32 Å². The topological polar surface area (TPSA) is 92.8 Å². The standard InChI is InChI=1S/C21H21ClF2N2O5S/c1-13(31-21(28)19-16(23)6-5-7-17(19)24)20(27)25-18-12-14(8-9-15(18)22)32(29,30)26-10-3-2-4-11-26/h5-9,12-13H,2-4,10-11H2,1H3,(H,25,27). The number of amides is 1. The molecule has 1 fully saturated rings. The molecule has 1 unspecified atom stereocenters. The molecule has 1 aliphatic rings. The van der Waals surface area contributed by atoms with Gasteiger partial charge in [-0.15, -0.1) is 0 Å². The van der Waals surface area contributed by atoms with Gasteiger partial charge >= 0.3 is 5.97 Å². The van der Waals surface area contributed by atoms with E-state index < -0.39 is 45.2 Å². The summed E-state index contributed by atoms with van der Waals surface area (Å²) in [6, 6.07) is 6.75. The summed E-state index contributed by atoms with van der Waals surface area (Å²) in [4.78, 5) is 24.5. The van der Waals surface area contributed by atoms with Gasteiger partial charge in [-0.05, 0) is 50.1 Å². The van der Waals surface area contributed by atoms with Gasteiger partial charge in [0.15, 0.2) is 6.10 Å². The normalized spacial score (nSPS) is 15.8.